The summed E-state index contributed by atoms with van der Waals surface area (Å²) in [5.74, 6) is 0. The number of nitro groups is 1. The Hall–Kier alpha value is -2.50. The second kappa shape index (κ2) is 7.81. The van der Waals surface area contributed by atoms with Crippen LogP contribution in [0.3, 0.4) is 0 Å². The van der Waals surface area contributed by atoms with E-state index in [4.69, 9.17) is 0 Å². The van der Waals surface area contributed by atoms with Crippen molar-refractivity contribution in [3.8, 4) is 0 Å². The molecule has 0 heterocycles. The van der Waals surface area contributed by atoms with E-state index >= 15 is 0 Å². The molecule has 0 unspecified atom stereocenters. The van der Waals surface area contributed by atoms with Gasteiger partial charge in [0.2, 0.25) is 10.0 Å². The van der Waals surface area contributed by atoms with Gasteiger partial charge in [0.1, 0.15) is 0 Å². The van der Waals surface area contributed by atoms with E-state index in [1.807, 2.05) is 6.92 Å². The Balaban J connectivity index is 2.28. The second-order valence-electron chi connectivity index (χ2n) is 5.25. The molecule has 0 saturated carbocycles. The van der Waals surface area contributed by atoms with E-state index in [1.54, 1.807) is 0 Å². The van der Waals surface area contributed by atoms with Gasteiger partial charge in [-0.05, 0) is 36.8 Å². The lowest BCUT2D eigenvalue weighted by molar-refractivity contribution is -0.387. The topological polar surface area (TPSA) is 135 Å². The van der Waals surface area contributed by atoms with Gasteiger partial charge in [-0.25, -0.2) is 21.6 Å². The molecule has 140 valence electrons. The van der Waals surface area contributed by atoms with Gasteiger partial charge in [0.25, 0.3) is 15.7 Å². The lowest BCUT2D eigenvalue weighted by Gasteiger charge is -2.10. The highest BCUT2D eigenvalue weighted by Gasteiger charge is 2.25. The first-order valence-corrected chi connectivity index (χ1v) is 10.5. The number of benzene rings is 2. The van der Waals surface area contributed by atoms with Crippen molar-refractivity contribution in [1.29, 1.82) is 0 Å². The summed E-state index contributed by atoms with van der Waals surface area (Å²) >= 11 is 0. The molecule has 0 radical (unpaired) electrons. The second-order valence-corrected chi connectivity index (χ2v) is 8.67. The van der Waals surface area contributed by atoms with E-state index in [-0.39, 0.29) is 17.1 Å². The first-order valence-electron chi connectivity index (χ1n) is 7.53. The molecule has 26 heavy (non-hydrogen) atoms. The molecule has 0 aromatic heterocycles. The van der Waals surface area contributed by atoms with Crippen LogP contribution < -0.4 is 9.44 Å². The number of hydrogen-bond donors (Lipinski definition) is 2. The zero-order valence-corrected chi connectivity index (χ0v) is 15.4. The third kappa shape index (κ3) is 4.56. The standard InChI is InChI=1S/C15H17N3O6S2/c1-2-11-16-25(21,22)13-9-7-12(8-10-13)17-26(23,24)15-6-4-3-5-14(15)18(19)20/h3-10,16-17H,2,11H2,1H3. The van der Waals surface area contributed by atoms with Crippen molar-refractivity contribution in [1.82, 2.24) is 4.72 Å². The quantitative estimate of drug-likeness (QED) is 0.515. The van der Waals surface area contributed by atoms with Crippen LogP contribution >= 0.6 is 0 Å². The van der Waals surface area contributed by atoms with Gasteiger partial charge in [-0.3, -0.25) is 14.8 Å². The molecule has 0 amide bonds. The van der Waals surface area contributed by atoms with E-state index in [0.29, 0.717) is 6.42 Å². The van der Waals surface area contributed by atoms with Crippen molar-refractivity contribution in [3.05, 3.63) is 58.6 Å². The predicted octanol–water partition coefficient (Wildman–Crippen LogP) is 2.08. The molecule has 2 aromatic carbocycles. The molecule has 0 fully saturated rings. The molecular formula is C15H17N3O6S2. The molecule has 0 bridgehead atoms. The fourth-order valence-corrected chi connectivity index (χ4v) is 4.43. The summed E-state index contributed by atoms with van der Waals surface area (Å²) in [4.78, 5) is 9.72. The molecule has 0 aliphatic heterocycles. The molecule has 0 spiro atoms. The number of sulfonamides is 2. The average molecular weight is 399 g/mol. The predicted molar refractivity (Wildman–Crippen MR) is 95.8 cm³/mol. The Morgan fingerprint density at radius 3 is 2.15 bits per heavy atom. The highest BCUT2D eigenvalue weighted by molar-refractivity contribution is 7.93. The van der Waals surface area contributed by atoms with Gasteiger partial charge in [-0.2, -0.15) is 0 Å². The Morgan fingerprint density at radius 2 is 1.58 bits per heavy atom. The number of nitrogens with one attached hydrogen (secondary N) is 2. The molecule has 11 heteroatoms. The summed E-state index contributed by atoms with van der Waals surface area (Å²) in [5.41, 5.74) is -0.472. The Labute approximate surface area is 151 Å². The first kappa shape index (κ1) is 19.8. The van der Waals surface area contributed by atoms with Crippen LogP contribution in [0.4, 0.5) is 11.4 Å². The Bertz CT molecular complexity index is 1000. The summed E-state index contributed by atoms with van der Waals surface area (Å²) < 4.78 is 53.4. The van der Waals surface area contributed by atoms with Crippen LogP contribution in [0.5, 0.6) is 0 Å². The van der Waals surface area contributed by atoms with Crippen LogP contribution in [0.25, 0.3) is 0 Å². The summed E-state index contributed by atoms with van der Waals surface area (Å²) in [6, 6.07) is 9.97. The van der Waals surface area contributed by atoms with Crippen molar-refractivity contribution in [3.63, 3.8) is 0 Å². The zero-order valence-electron chi connectivity index (χ0n) is 13.7. The largest absolute Gasteiger partial charge is 0.289 e. The van der Waals surface area contributed by atoms with E-state index < -0.39 is 35.6 Å². The van der Waals surface area contributed by atoms with Crippen LogP contribution in [0.1, 0.15) is 13.3 Å². The number of nitrogens with zero attached hydrogens (tertiary/aromatic N) is 1. The normalized spacial score (nSPS) is 11.9. The minimum atomic E-state index is -4.21. The van der Waals surface area contributed by atoms with Crippen LogP contribution in [-0.4, -0.2) is 28.3 Å². The van der Waals surface area contributed by atoms with Crippen molar-refractivity contribution in [2.45, 2.75) is 23.1 Å². The monoisotopic (exact) mass is 399 g/mol. The Morgan fingerprint density at radius 1 is 0.962 bits per heavy atom. The van der Waals surface area contributed by atoms with Gasteiger partial charge < -0.3 is 0 Å². The highest BCUT2D eigenvalue weighted by atomic mass is 32.2. The van der Waals surface area contributed by atoms with E-state index in [9.17, 15) is 26.9 Å². The molecule has 2 rings (SSSR count). The van der Waals surface area contributed by atoms with Crippen LogP contribution in [0.2, 0.25) is 0 Å². The molecule has 0 saturated heterocycles. The Kier molecular flexibility index (Phi) is 5.95. The SMILES string of the molecule is CCCNS(=O)(=O)c1ccc(NS(=O)(=O)c2ccccc2[N+](=O)[O-])cc1. The maximum atomic E-state index is 12.4. The summed E-state index contributed by atoms with van der Waals surface area (Å²) in [6.45, 7) is 2.11. The smallest absolute Gasteiger partial charge is 0.279 e. The van der Waals surface area contributed by atoms with Crippen molar-refractivity contribution in [2.75, 3.05) is 11.3 Å². The average Bonchev–Trinajstić information content (AvgIpc) is 2.60. The third-order valence-electron chi connectivity index (χ3n) is 3.31. The van der Waals surface area contributed by atoms with Crippen molar-refractivity contribution in [2.24, 2.45) is 0 Å². The van der Waals surface area contributed by atoms with Crippen LogP contribution in [0.15, 0.2) is 58.3 Å². The lowest BCUT2D eigenvalue weighted by atomic mass is 10.3. The van der Waals surface area contributed by atoms with Crippen LogP contribution in [-0.2, 0) is 20.0 Å². The van der Waals surface area contributed by atoms with E-state index in [0.717, 1.165) is 12.1 Å². The maximum absolute atomic E-state index is 12.4. The number of nitro benzene ring substituents is 1. The highest BCUT2D eigenvalue weighted by Crippen LogP contribution is 2.25. The molecule has 2 aromatic rings. The number of para-hydroxylation sites is 1. The lowest BCUT2D eigenvalue weighted by Crippen LogP contribution is -2.24. The molecule has 0 atom stereocenters. The van der Waals surface area contributed by atoms with Gasteiger partial charge in [0, 0.05) is 18.3 Å². The van der Waals surface area contributed by atoms with E-state index in [2.05, 4.69) is 9.44 Å². The van der Waals surface area contributed by atoms with Gasteiger partial charge in [-0.15, -0.1) is 0 Å². The minimum absolute atomic E-state index is 0.0143. The summed E-state index contributed by atoms with van der Waals surface area (Å²) in [7, 11) is -7.88. The fourth-order valence-electron chi connectivity index (χ4n) is 2.07. The summed E-state index contributed by atoms with van der Waals surface area (Å²) in [6.07, 6.45) is 0.632. The van der Waals surface area contributed by atoms with E-state index in [1.165, 1.54) is 36.4 Å². The van der Waals surface area contributed by atoms with Crippen molar-refractivity contribution < 1.29 is 21.8 Å². The minimum Gasteiger partial charge on any atom is -0.279 e. The molecule has 2 N–H and O–H groups in total. The zero-order chi connectivity index (χ0) is 19.4. The number of anilines is 1. The third-order valence-corrected chi connectivity index (χ3v) is 6.22. The molecular weight excluding hydrogens is 382 g/mol. The number of rotatable bonds is 8. The number of hydrogen-bond acceptors (Lipinski definition) is 6. The first-order chi connectivity index (χ1) is 12.2. The molecule has 0 aliphatic rings. The van der Waals surface area contributed by atoms with Crippen molar-refractivity contribution >= 4 is 31.4 Å². The van der Waals surface area contributed by atoms with Gasteiger partial charge in [-0.1, -0.05) is 19.1 Å². The van der Waals surface area contributed by atoms with Gasteiger partial charge in [0.05, 0.1) is 9.82 Å². The molecule has 0 aliphatic carbocycles. The van der Waals surface area contributed by atoms with Gasteiger partial charge >= 0.3 is 0 Å². The van der Waals surface area contributed by atoms with Gasteiger partial charge in [0.15, 0.2) is 4.90 Å². The summed E-state index contributed by atoms with van der Waals surface area (Å²) in [5, 5.41) is 11.0. The molecule has 9 nitrogen and oxygen atoms in total. The maximum Gasteiger partial charge on any atom is 0.289 e. The fraction of sp³-hybridized carbons (Fsp3) is 0.200. The van der Waals surface area contributed by atoms with Crippen LogP contribution in [0, 0.1) is 10.1 Å².